The molecule has 1 unspecified atom stereocenters. The van der Waals surface area contributed by atoms with E-state index in [4.69, 9.17) is 0 Å². The summed E-state index contributed by atoms with van der Waals surface area (Å²) in [4.78, 5) is 26.6. The fourth-order valence-corrected chi connectivity index (χ4v) is 3.79. The van der Waals surface area contributed by atoms with Crippen LogP contribution in [0.2, 0.25) is 0 Å². The molecule has 2 amide bonds. The molecule has 1 fully saturated rings. The largest absolute Gasteiger partial charge is 0.355 e. The molecule has 1 N–H and O–H groups in total. The zero-order valence-electron chi connectivity index (χ0n) is 16.0. The van der Waals surface area contributed by atoms with Crippen LogP contribution in [0.15, 0.2) is 35.9 Å². The summed E-state index contributed by atoms with van der Waals surface area (Å²) < 4.78 is 0. The minimum absolute atomic E-state index is 0.0102. The number of carbonyl (C=O) groups is 2. The molecule has 1 aromatic rings. The zero-order chi connectivity index (χ0) is 18.5. The Hall–Kier alpha value is -2.10. The monoisotopic (exact) mass is 354 g/mol. The van der Waals surface area contributed by atoms with Crippen molar-refractivity contribution in [3.63, 3.8) is 0 Å². The Labute approximate surface area is 156 Å². The fourth-order valence-electron chi connectivity index (χ4n) is 3.79. The van der Waals surface area contributed by atoms with Crippen LogP contribution in [0.25, 0.3) is 0 Å². The maximum atomic E-state index is 12.4. The molecule has 1 heterocycles. The van der Waals surface area contributed by atoms with Gasteiger partial charge in [-0.2, -0.15) is 0 Å². The molecule has 4 heteroatoms. The van der Waals surface area contributed by atoms with Crippen molar-refractivity contribution in [3.8, 4) is 0 Å². The fraction of sp³-hybridized carbons (Fsp3) is 0.545. The first-order chi connectivity index (χ1) is 12.5. The van der Waals surface area contributed by atoms with Crippen LogP contribution in [0.5, 0.6) is 0 Å². The maximum Gasteiger partial charge on any atom is 0.227 e. The highest BCUT2D eigenvalue weighted by molar-refractivity contribution is 6.00. The number of carbonyl (C=O) groups excluding carboxylic acids is 2. The van der Waals surface area contributed by atoms with Gasteiger partial charge in [0.2, 0.25) is 11.8 Å². The summed E-state index contributed by atoms with van der Waals surface area (Å²) in [5.74, 6) is 0.275. The van der Waals surface area contributed by atoms with E-state index < -0.39 is 0 Å². The lowest BCUT2D eigenvalue weighted by molar-refractivity contribution is -0.126. The van der Waals surface area contributed by atoms with Gasteiger partial charge < -0.3 is 10.2 Å². The molecule has 1 aliphatic heterocycles. The molecule has 1 saturated heterocycles. The van der Waals surface area contributed by atoms with Gasteiger partial charge in [0, 0.05) is 25.2 Å². The third-order valence-electron chi connectivity index (χ3n) is 5.50. The molecule has 0 saturated carbocycles. The van der Waals surface area contributed by atoms with E-state index in [1.54, 1.807) is 4.90 Å². The summed E-state index contributed by atoms with van der Waals surface area (Å²) in [5.41, 5.74) is 3.61. The first-order valence-electron chi connectivity index (χ1n) is 9.90. The van der Waals surface area contributed by atoms with E-state index >= 15 is 0 Å². The minimum Gasteiger partial charge on any atom is -0.355 e. The van der Waals surface area contributed by atoms with Gasteiger partial charge in [-0.15, -0.1) is 0 Å². The second kappa shape index (κ2) is 8.52. The van der Waals surface area contributed by atoms with E-state index in [1.165, 1.54) is 30.4 Å². The Kier molecular flexibility index (Phi) is 6.12. The summed E-state index contributed by atoms with van der Waals surface area (Å²) in [6.45, 7) is 5.46. The topological polar surface area (TPSA) is 49.4 Å². The number of amides is 2. The molecular weight excluding hydrogens is 324 g/mol. The lowest BCUT2D eigenvalue weighted by Gasteiger charge is -2.18. The van der Waals surface area contributed by atoms with Crippen molar-refractivity contribution in [2.75, 3.05) is 18.0 Å². The van der Waals surface area contributed by atoms with Crippen molar-refractivity contribution < 1.29 is 9.59 Å². The first-order valence-corrected chi connectivity index (χ1v) is 9.90. The molecule has 1 aliphatic carbocycles. The average Bonchev–Trinajstić information content (AvgIpc) is 3.04. The Morgan fingerprint density at radius 1 is 1.23 bits per heavy atom. The van der Waals surface area contributed by atoms with Crippen molar-refractivity contribution >= 4 is 17.5 Å². The van der Waals surface area contributed by atoms with Crippen LogP contribution < -0.4 is 10.2 Å². The lowest BCUT2D eigenvalue weighted by Crippen LogP contribution is -2.33. The average molecular weight is 354 g/mol. The number of benzene rings is 1. The van der Waals surface area contributed by atoms with Crippen molar-refractivity contribution in [3.05, 3.63) is 41.5 Å². The number of hydrogen-bond acceptors (Lipinski definition) is 2. The quantitative estimate of drug-likeness (QED) is 0.780. The van der Waals surface area contributed by atoms with Crippen LogP contribution in [0.4, 0.5) is 5.69 Å². The molecule has 0 spiro atoms. The Bertz CT molecular complexity index is 676. The number of nitrogens with zero attached hydrogens (tertiary/aromatic N) is 1. The third kappa shape index (κ3) is 4.54. The molecule has 3 rings (SSSR count). The van der Waals surface area contributed by atoms with E-state index in [-0.39, 0.29) is 17.7 Å². The van der Waals surface area contributed by atoms with Crippen molar-refractivity contribution in [2.45, 2.75) is 58.3 Å². The van der Waals surface area contributed by atoms with Crippen LogP contribution in [0.3, 0.4) is 0 Å². The summed E-state index contributed by atoms with van der Waals surface area (Å²) in [6.07, 6.45) is 8.45. The van der Waals surface area contributed by atoms with Gasteiger partial charge in [-0.3, -0.25) is 9.59 Å². The highest BCUT2D eigenvalue weighted by atomic mass is 16.2. The Morgan fingerprint density at radius 3 is 2.65 bits per heavy atom. The summed E-state index contributed by atoms with van der Waals surface area (Å²) in [5, 5.41) is 3.03. The Morgan fingerprint density at radius 2 is 2.00 bits per heavy atom. The van der Waals surface area contributed by atoms with E-state index in [0.29, 0.717) is 25.4 Å². The van der Waals surface area contributed by atoms with Gasteiger partial charge in [-0.25, -0.2) is 0 Å². The molecule has 0 aromatic heterocycles. The highest BCUT2D eigenvalue weighted by Crippen LogP contribution is 2.27. The van der Waals surface area contributed by atoms with Crippen molar-refractivity contribution in [1.82, 2.24) is 5.32 Å². The zero-order valence-corrected chi connectivity index (χ0v) is 16.0. The van der Waals surface area contributed by atoms with Crippen molar-refractivity contribution in [2.24, 2.45) is 5.92 Å². The molecule has 0 bridgehead atoms. The van der Waals surface area contributed by atoms with Crippen molar-refractivity contribution in [1.29, 1.82) is 0 Å². The van der Waals surface area contributed by atoms with E-state index in [2.05, 4.69) is 37.4 Å². The molecule has 2 aliphatic rings. The van der Waals surface area contributed by atoms with Gasteiger partial charge in [0.25, 0.3) is 0 Å². The molecule has 1 aromatic carbocycles. The van der Waals surface area contributed by atoms with Crippen LogP contribution in [-0.2, 0) is 9.59 Å². The summed E-state index contributed by atoms with van der Waals surface area (Å²) >= 11 is 0. The molecule has 26 heavy (non-hydrogen) atoms. The predicted octanol–water partition coefficient (Wildman–Crippen LogP) is 4.17. The molecular formula is C22H30N2O2. The van der Waals surface area contributed by atoms with Gasteiger partial charge in [-0.1, -0.05) is 37.6 Å². The van der Waals surface area contributed by atoms with Crippen LogP contribution >= 0.6 is 0 Å². The lowest BCUT2D eigenvalue weighted by atomic mass is 9.97. The molecule has 140 valence electrons. The van der Waals surface area contributed by atoms with Crippen LogP contribution in [0, 0.1) is 5.92 Å². The standard InChI is InChI=1S/C22H30N2O2/c1-16(2)18-8-10-20(11-9-18)24-15-19(14-21(24)25)22(26)23-13-12-17-6-4-3-5-7-17/h6,8-11,16,19H,3-5,7,12-15H2,1-2H3,(H,23,26). The van der Waals surface area contributed by atoms with E-state index in [9.17, 15) is 9.59 Å². The van der Waals surface area contributed by atoms with Gasteiger partial charge in [0.05, 0.1) is 5.92 Å². The maximum absolute atomic E-state index is 12.4. The number of hydrogen-bond donors (Lipinski definition) is 1. The first kappa shape index (κ1) is 18.7. The smallest absolute Gasteiger partial charge is 0.227 e. The van der Waals surface area contributed by atoms with Gasteiger partial charge >= 0.3 is 0 Å². The number of rotatable bonds is 6. The third-order valence-corrected chi connectivity index (χ3v) is 5.50. The number of nitrogens with one attached hydrogen (secondary N) is 1. The minimum atomic E-state index is -0.243. The molecule has 1 atom stereocenters. The van der Waals surface area contributed by atoms with Crippen LogP contribution in [0.1, 0.15) is 63.9 Å². The normalized spacial score (nSPS) is 20.4. The molecule has 0 radical (unpaired) electrons. The van der Waals surface area contributed by atoms with E-state index in [1.807, 2.05) is 12.1 Å². The number of anilines is 1. The number of allylic oxidation sites excluding steroid dienone is 1. The van der Waals surface area contributed by atoms with Gasteiger partial charge in [0.15, 0.2) is 0 Å². The summed E-state index contributed by atoms with van der Waals surface area (Å²) in [6, 6.07) is 8.11. The predicted molar refractivity (Wildman–Crippen MR) is 105 cm³/mol. The Balaban J connectivity index is 1.51. The second-order valence-corrected chi connectivity index (χ2v) is 7.80. The van der Waals surface area contributed by atoms with E-state index in [0.717, 1.165) is 18.5 Å². The highest BCUT2D eigenvalue weighted by Gasteiger charge is 2.34. The second-order valence-electron chi connectivity index (χ2n) is 7.80. The van der Waals surface area contributed by atoms with Crippen LogP contribution in [-0.4, -0.2) is 24.9 Å². The van der Waals surface area contributed by atoms with Gasteiger partial charge in [-0.05, 0) is 55.7 Å². The summed E-state index contributed by atoms with van der Waals surface area (Å²) in [7, 11) is 0. The van der Waals surface area contributed by atoms with Gasteiger partial charge in [0.1, 0.15) is 0 Å². The molecule has 4 nitrogen and oxygen atoms in total. The SMILES string of the molecule is CC(C)c1ccc(N2CC(C(=O)NCCC3=CCCCC3)CC2=O)cc1.